The van der Waals surface area contributed by atoms with E-state index in [1.54, 1.807) is 0 Å². The van der Waals surface area contributed by atoms with E-state index in [-0.39, 0.29) is 18.2 Å². The molecule has 0 fully saturated rings. The second kappa shape index (κ2) is 5.37. The summed E-state index contributed by atoms with van der Waals surface area (Å²) in [4.78, 5) is 0. The van der Waals surface area contributed by atoms with E-state index in [0.717, 1.165) is 16.7 Å². The van der Waals surface area contributed by atoms with E-state index in [1.165, 1.54) is 0 Å². The molecule has 0 aliphatic heterocycles. The number of benzene rings is 1. The molecule has 86 valence electrons. The predicted molar refractivity (Wildman–Crippen MR) is 63.0 cm³/mol. The molecule has 0 aliphatic rings. The number of hydrogen-bond donors (Lipinski definition) is 2. The zero-order valence-corrected chi connectivity index (χ0v) is 9.28. The van der Waals surface area contributed by atoms with Crippen molar-refractivity contribution in [2.45, 2.75) is 12.8 Å². The van der Waals surface area contributed by atoms with Crippen molar-refractivity contribution in [1.29, 1.82) is 0 Å². The first-order valence-electron chi connectivity index (χ1n) is 4.61. The van der Waals surface area contributed by atoms with E-state index in [9.17, 15) is 0 Å². The summed E-state index contributed by atoms with van der Waals surface area (Å²) in [6.45, 7) is 0. The molecule has 3 N–H and O–H groups in total. The van der Waals surface area contributed by atoms with Crippen LogP contribution in [-0.2, 0) is 6.42 Å². The molecule has 2 aromatic rings. The van der Waals surface area contributed by atoms with Gasteiger partial charge in [-0.2, -0.15) is 0 Å². The maximum Gasteiger partial charge on any atom is 0.167 e. The van der Waals surface area contributed by atoms with E-state index in [0.29, 0.717) is 12.8 Å². The van der Waals surface area contributed by atoms with Crippen molar-refractivity contribution in [2.75, 3.05) is 0 Å². The largest absolute Gasteiger partial charge is 0.409 e. The lowest BCUT2D eigenvalue weighted by atomic mass is 10.1. The first-order valence-corrected chi connectivity index (χ1v) is 4.61. The molecular weight excluding hydrogens is 230 g/mol. The lowest BCUT2D eigenvalue weighted by molar-refractivity contribution is 0.317. The summed E-state index contributed by atoms with van der Waals surface area (Å²) in [7, 11) is 0. The van der Waals surface area contributed by atoms with Crippen molar-refractivity contribution in [1.82, 2.24) is 5.16 Å². The van der Waals surface area contributed by atoms with Crippen LogP contribution in [0.3, 0.4) is 0 Å². The van der Waals surface area contributed by atoms with E-state index >= 15 is 0 Å². The molecule has 1 heterocycles. The molecule has 0 radical (unpaired) electrons. The molecule has 0 spiro atoms. The quantitative estimate of drug-likeness (QED) is 0.372. The van der Waals surface area contributed by atoms with Crippen LogP contribution in [0.2, 0.25) is 0 Å². The fraction of sp³-hybridized carbons (Fsp3) is 0.200. The highest BCUT2D eigenvalue weighted by Crippen LogP contribution is 2.18. The maximum absolute atomic E-state index is 8.40. The molecule has 0 aliphatic carbocycles. The topological polar surface area (TPSA) is 84.6 Å². The number of nitrogens with two attached hydrogens (primary N) is 1. The average molecular weight is 242 g/mol. The normalized spacial score (nSPS) is 11.4. The van der Waals surface area contributed by atoms with E-state index in [4.69, 9.17) is 15.5 Å². The van der Waals surface area contributed by atoms with Crippen molar-refractivity contribution < 1.29 is 9.73 Å². The van der Waals surface area contributed by atoms with Gasteiger partial charge in [0.15, 0.2) is 5.58 Å². The Balaban J connectivity index is 0.00000128. The number of fused-ring (bicyclic) bond motifs is 1. The van der Waals surface area contributed by atoms with Gasteiger partial charge in [0.25, 0.3) is 0 Å². The summed E-state index contributed by atoms with van der Waals surface area (Å²) >= 11 is 0. The van der Waals surface area contributed by atoms with Gasteiger partial charge in [0.1, 0.15) is 5.84 Å². The lowest BCUT2D eigenvalue weighted by Gasteiger charge is -1.95. The molecule has 0 saturated carbocycles. The molecule has 6 heteroatoms. The van der Waals surface area contributed by atoms with Crippen LogP contribution >= 0.6 is 12.4 Å². The van der Waals surface area contributed by atoms with Crippen LogP contribution in [0, 0.1) is 0 Å². The minimum Gasteiger partial charge on any atom is -0.409 e. The Morgan fingerprint density at radius 2 is 2.19 bits per heavy atom. The van der Waals surface area contributed by atoms with Gasteiger partial charge in [0.05, 0.1) is 5.69 Å². The Bertz CT molecular complexity index is 496. The summed E-state index contributed by atoms with van der Waals surface area (Å²) in [6.07, 6.45) is 1.07. The van der Waals surface area contributed by atoms with Crippen LogP contribution in [0.5, 0.6) is 0 Å². The van der Waals surface area contributed by atoms with Gasteiger partial charge in [-0.15, -0.1) is 12.4 Å². The first kappa shape index (κ1) is 12.3. The Labute approximate surface area is 98.3 Å². The molecular formula is C10H12ClN3O2. The second-order valence-corrected chi connectivity index (χ2v) is 3.22. The van der Waals surface area contributed by atoms with Crippen LogP contribution < -0.4 is 5.73 Å². The molecule has 2 rings (SSSR count). The van der Waals surface area contributed by atoms with Crippen molar-refractivity contribution in [3.05, 3.63) is 30.0 Å². The van der Waals surface area contributed by atoms with Crippen molar-refractivity contribution in [3.8, 4) is 0 Å². The van der Waals surface area contributed by atoms with Crippen molar-refractivity contribution in [3.63, 3.8) is 0 Å². The molecule has 0 amide bonds. The van der Waals surface area contributed by atoms with E-state index in [1.807, 2.05) is 24.3 Å². The molecule has 0 bridgehead atoms. The standard InChI is InChI=1S/C10H11N3O2.ClH/c11-10(12-14)6-5-8-7-3-1-2-4-9(7)15-13-8;/h1-4,14H,5-6H2,(H2,11,12);1H. The number of aryl methyl sites for hydroxylation is 1. The fourth-order valence-electron chi connectivity index (χ4n) is 1.41. The summed E-state index contributed by atoms with van der Waals surface area (Å²) in [6, 6.07) is 7.61. The summed E-state index contributed by atoms with van der Waals surface area (Å²) in [5.41, 5.74) is 6.96. The lowest BCUT2D eigenvalue weighted by Crippen LogP contribution is -2.12. The number of amidine groups is 1. The van der Waals surface area contributed by atoms with Gasteiger partial charge in [0.2, 0.25) is 0 Å². The van der Waals surface area contributed by atoms with E-state index in [2.05, 4.69) is 10.3 Å². The predicted octanol–water partition coefficient (Wildman–Crippen LogP) is 1.93. The summed E-state index contributed by atoms with van der Waals surface area (Å²) < 4.78 is 5.12. The van der Waals surface area contributed by atoms with Gasteiger partial charge in [0, 0.05) is 18.2 Å². The van der Waals surface area contributed by atoms with Crippen LogP contribution in [0.25, 0.3) is 11.0 Å². The zero-order valence-electron chi connectivity index (χ0n) is 8.46. The highest BCUT2D eigenvalue weighted by molar-refractivity contribution is 5.85. The number of aromatic nitrogens is 1. The monoisotopic (exact) mass is 241 g/mol. The maximum atomic E-state index is 8.40. The third-order valence-electron chi connectivity index (χ3n) is 2.20. The Kier molecular flexibility index (Phi) is 4.13. The average Bonchev–Trinajstić information content (AvgIpc) is 2.69. The van der Waals surface area contributed by atoms with Crippen LogP contribution in [0.15, 0.2) is 33.9 Å². The SMILES string of the molecule is Cl.NC(CCc1noc2ccccc12)=NO. The molecule has 0 saturated heterocycles. The number of oxime groups is 1. The number of hydrogen-bond acceptors (Lipinski definition) is 4. The molecule has 0 unspecified atom stereocenters. The highest BCUT2D eigenvalue weighted by atomic mass is 35.5. The molecule has 0 atom stereocenters. The summed E-state index contributed by atoms with van der Waals surface area (Å²) in [5.74, 6) is 0.196. The van der Waals surface area contributed by atoms with Crippen molar-refractivity contribution in [2.24, 2.45) is 10.9 Å². The number of nitrogens with zero attached hydrogens (tertiary/aromatic N) is 2. The third-order valence-corrected chi connectivity index (χ3v) is 2.20. The number of para-hydroxylation sites is 1. The minimum absolute atomic E-state index is 0. The van der Waals surface area contributed by atoms with Gasteiger partial charge in [-0.3, -0.25) is 0 Å². The third kappa shape index (κ3) is 2.43. The van der Waals surface area contributed by atoms with Gasteiger partial charge >= 0.3 is 0 Å². The van der Waals surface area contributed by atoms with Gasteiger partial charge in [-0.1, -0.05) is 22.4 Å². The number of rotatable bonds is 3. The van der Waals surface area contributed by atoms with Gasteiger partial charge in [-0.25, -0.2) is 0 Å². The first-order chi connectivity index (χ1) is 7.31. The number of halogens is 1. The zero-order chi connectivity index (χ0) is 10.7. The Morgan fingerprint density at radius 1 is 1.44 bits per heavy atom. The summed E-state index contributed by atoms with van der Waals surface area (Å²) in [5, 5.41) is 16.2. The molecule has 1 aromatic heterocycles. The second-order valence-electron chi connectivity index (χ2n) is 3.22. The molecule has 16 heavy (non-hydrogen) atoms. The Morgan fingerprint density at radius 3 is 2.94 bits per heavy atom. The Hall–Kier alpha value is -1.75. The van der Waals surface area contributed by atoms with Crippen LogP contribution in [0.1, 0.15) is 12.1 Å². The van der Waals surface area contributed by atoms with Crippen LogP contribution in [0.4, 0.5) is 0 Å². The van der Waals surface area contributed by atoms with Crippen LogP contribution in [-0.4, -0.2) is 16.2 Å². The van der Waals surface area contributed by atoms with Gasteiger partial charge < -0.3 is 15.5 Å². The molecule has 5 nitrogen and oxygen atoms in total. The van der Waals surface area contributed by atoms with E-state index < -0.39 is 0 Å². The minimum atomic E-state index is 0. The fourth-order valence-corrected chi connectivity index (χ4v) is 1.41. The van der Waals surface area contributed by atoms with Gasteiger partial charge in [-0.05, 0) is 12.1 Å². The highest BCUT2D eigenvalue weighted by Gasteiger charge is 2.07. The smallest absolute Gasteiger partial charge is 0.167 e. The van der Waals surface area contributed by atoms with Crippen molar-refractivity contribution >= 4 is 29.2 Å². The molecule has 1 aromatic carbocycles.